The molecule has 0 fully saturated rings. The van der Waals surface area contributed by atoms with E-state index < -0.39 is 12.0 Å². The van der Waals surface area contributed by atoms with Gasteiger partial charge in [0.1, 0.15) is 18.2 Å². The molecule has 0 spiro atoms. The van der Waals surface area contributed by atoms with E-state index in [1.807, 2.05) is 20.8 Å². The highest BCUT2D eigenvalue weighted by Crippen LogP contribution is 2.15. The molecule has 6 heteroatoms. The van der Waals surface area contributed by atoms with E-state index in [4.69, 9.17) is 9.84 Å². The highest BCUT2D eigenvalue weighted by molar-refractivity contribution is 5.76. The Balaban J connectivity index is 2.70. The van der Waals surface area contributed by atoms with Crippen LogP contribution in [-0.2, 0) is 4.79 Å². The van der Waals surface area contributed by atoms with Gasteiger partial charge in [0.05, 0.1) is 6.10 Å². The van der Waals surface area contributed by atoms with Gasteiger partial charge < -0.3 is 15.2 Å². The first-order valence-electron chi connectivity index (χ1n) is 6.51. The van der Waals surface area contributed by atoms with Crippen molar-refractivity contribution < 1.29 is 14.6 Å². The maximum atomic E-state index is 11.1. The number of carbonyl (C=O) groups is 1. The highest BCUT2D eigenvalue weighted by atomic mass is 16.5. The fraction of sp³-hybridized carbons (Fsp3) is 0.615. The molecule has 2 N–H and O–H groups in total. The van der Waals surface area contributed by atoms with Crippen LogP contribution in [0.3, 0.4) is 0 Å². The zero-order valence-corrected chi connectivity index (χ0v) is 11.6. The predicted octanol–water partition coefficient (Wildman–Crippen LogP) is 2.32. The van der Waals surface area contributed by atoms with Crippen LogP contribution in [0, 0.1) is 0 Å². The van der Waals surface area contributed by atoms with Gasteiger partial charge >= 0.3 is 5.97 Å². The topological polar surface area (TPSA) is 84.3 Å². The molecule has 6 nitrogen and oxygen atoms in total. The molecule has 0 aliphatic carbocycles. The molecule has 19 heavy (non-hydrogen) atoms. The Morgan fingerprint density at radius 2 is 2.21 bits per heavy atom. The number of hydrogen-bond donors (Lipinski definition) is 2. The van der Waals surface area contributed by atoms with Crippen LogP contribution in [0.5, 0.6) is 5.88 Å². The number of rotatable bonds is 8. The molecule has 1 aromatic heterocycles. The van der Waals surface area contributed by atoms with Gasteiger partial charge in [-0.2, -0.15) is 0 Å². The van der Waals surface area contributed by atoms with Crippen molar-refractivity contribution in [2.45, 2.75) is 52.2 Å². The third-order valence-corrected chi connectivity index (χ3v) is 2.46. The molecule has 0 saturated carbocycles. The smallest absolute Gasteiger partial charge is 0.326 e. The summed E-state index contributed by atoms with van der Waals surface area (Å²) in [4.78, 5) is 19.1. The summed E-state index contributed by atoms with van der Waals surface area (Å²) in [6.07, 6.45) is 3.74. The van der Waals surface area contributed by atoms with Crippen LogP contribution < -0.4 is 10.1 Å². The Morgan fingerprint density at radius 1 is 1.47 bits per heavy atom. The number of carboxylic acid groups (broad SMARTS) is 1. The Morgan fingerprint density at radius 3 is 2.79 bits per heavy atom. The van der Waals surface area contributed by atoms with Gasteiger partial charge in [-0.15, -0.1) is 0 Å². The molecule has 0 bridgehead atoms. The average Bonchev–Trinajstić information content (AvgIpc) is 2.33. The van der Waals surface area contributed by atoms with Gasteiger partial charge in [-0.3, -0.25) is 0 Å². The molecule has 106 valence electrons. The Kier molecular flexibility index (Phi) is 6.05. The molecule has 1 rings (SSSR count). The fourth-order valence-electron chi connectivity index (χ4n) is 1.57. The van der Waals surface area contributed by atoms with Crippen LogP contribution in [0.15, 0.2) is 12.4 Å². The zero-order valence-electron chi connectivity index (χ0n) is 11.6. The van der Waals surface area contributed by atoms with Crippen LogP contribution in [0.2, 0.25) is 0 Å². The molecule has 0 amide bonds. The van der Waals surface area contributed by atoms with Crippen LogP contribution >= 0.6 is 0 Å². The molecule has 0 aromatic carbocycles. The molecular weight excluding hydrogens is 246 g/mol. The number of anilines is 1. The van der Waals surface area contributed by atoms with Crippen molar-refractivity contribution in [3.8, 4) is 5.88 Å². The first-order valence-corrected chi connectivity index (χ1v) is 6.51. The minimum atomic E-state index is -0.876. The molecule has 0 saturated heterocycles. The minimum absolute atomic E-state index is 0.0121. The van der Waals surface area contributed by atoms with E-state index in [0.29, 0.717) is 18.1 Å². The lowest BCUT2D eigenvalue weighted by atomic mass is 10.1. The summed E-state index contributed by atoms with van der Waals surface area (Å²) >= 11 is 0. The van der Waals surface area contributed by atoms with Crippen molar-refractivity contribution in [3.05, 3.63) is 12.4 Å². The first kappa shape index (κ1) is 15.2. The lowest BCUT2D eigenvalue weighted by Crippen LogP contribution is -2.29. The second-order valence-corrected chi connectivity index (χ2v) is 4.59. The van der Waals surface area contributed by atoms with Gasteiger partial charge in [-0.1, -0.05) is 19.8 Å². The maximum Gasteiger partial charge on any atom is 0.326 e. The zero-order chi connectivity index (χ0) is 14.3. The van der Waals surface area contributed by atoms with Gasteiger partial charge in [-0.05, 0) is 20.3 Å². The van der Waals surface area contributed by atoms with E-state index in [2.05, 4.69) is 15.3 Å². The molecule has 1 atom stereocenters. The quantitative estimate of drug-likeness (QED) is 0.752. The summed E-state index contributed by atoms with van der Waals surface area (Å²) in [6, 6.07) is 0.976. The summed E-state index contributed by atoms with van der Waals surface area (Å²) in [5.41, 5.74) is 0. The minimum Gasteiger partial charge on any atom is -0.480 e. The maximum absolute atomic E-state index is 11.1. The van der Waals surface area contributed by atoms with Crippen molar-refractivity contribution in [1.29, 1.82) is 0 Å². The average molecular weight is 267 g/mol. The van der Waals surface area contributed by atoms with E-state index in [-0.39, 0.29) is 6.10 Å². The Hall–Kier alpha value is -1.85. The van der Waals surface area contributed by atoms with Crippen LogP contribution in [0.1, 0.15) is 40.0 Å². The van der Waals surface area contributed by atoms with Crippen molar-refractivity contribution in [3.63, 3.8) is 0 Å². The van der Waals surface area contributed by atoms with Crippen molar-refractivity contribution in [1.82, 2.24) is 9.97 Å². The second-order valence-electron chi connectivity index (χ2n) is 4.59. The molecule has 0 aliphatic heterocycles. The Labute approximate surface area is 113 Å². The lowest BCUT2D eigenvalue weighted by Gasteiger charge is -2.15. The fourth-order valence-corrected chi connectivity index (χ4v) is 1.57. The second kappa shape index (κ2) is 7.56. The third-order valence-electron chi connectivity index (χ3n) is 2.46. The number of aromatic nitrogens is 2. The standard InChI is InChI=1S/C13H21N3O3/c1-4-5-6-10(13(17)18)16-11-7-12(15-8-14-11)19-9(2)3/h7-10H,4-6H2,1-3H3,(H,17,18)(H,14,15,16)/t10-/m0/s1. The third kappa shape index (κ3) is 5.54. The van der Waals surface area contributed by atoms with Crippen molar-refractivity contribution in [2.24, 2.45) is 0 Å². The number of nitrogens with one attached hydrogen (secondary N) is 1. The SMILES string of the molecule is CCCC[C@H](Nc1cc(OC(C)C)ncn1)C(=O)O. The van der Waals surface area contributed by atoms with E-state index in [9.17, 15) is 4.79 Å². The van der Waals surface area contributed by atoms with Gasteiger partial charge in [-0.25, -0.2) is 14.8 Å². The number of ether oxygens (including phenoxy) is 1. The number of hydrogen-bond acceptors (Lipinski definition) is 5. The molecule has 0 aliphatic rings. The Bertz CT molecular complexity index is 410. The molecule has 0 radical (unpaired) electrons. The number of unbranched alkanes of at least 4 members (excludes halogenated alkanes) is 1. The molecular formula is C13H21N3O3. The van der Waals surface area contributed by atoms with Crippen LogP contribution in [0.25, 0.3) is 0 Å². The molecule has 0 unspecified atom stereocenters. The first-order chi connectivity index (χ1) is 9.02. The summed E-state index contributed by atoms with van der Waals surface area (Å²) in [5, 5.41) is 12.0. The number of nitrogens with zero attached hydrogens (tertiary/aromatic N) is 2. The van der Waals surface area contributed by atoms with E-state index in [1.54, 1.807) is 6.07 Å². The van der Waals surface area contributed by atoms with Crippen LogP contribution in [0.4, 0.5) is 5.82 Å². The van der Waals surface area contributed by atoms with Crippen molar-refractivity contribution in [2.75, 3.05) is 5.32 Å². The highest BCUT2D eigenvalue weighted by Gasteiger charge is 2.17. The van der Waals surface area contributed by atoms with Crippen LogP contribution in [-0.4, -0.2) is 33.2 Å². The lowest BCUT2D eigenvalue weighted by molar-refractivity contribution is -0.138. The van der Waals surface area contributed by atoms with E-state index >= 15 is 0 Å². The summed E-state index contributed by atoms with van der Waals surface area (Å²) in [5.74, 6) is 0.0275. The molecule has 1 heterocycles. The predicted molar refractivity (Wildman–Crippen MR) is 72.4 cm³/mol. The van der Waals surface area contributed by atoms with Gasteiger partial charge in [0.25, 0.3) is 0 Å². The molecule has 1 aromatic rings. The summed E-state index contributed by atoms with van der Waals surface area (Å²) in [6.45, 7) is 5.82. The largest absolute Gasteiger partial charge is 0.480 e. The van der Waals surface area contributed by atoms with Gasteiger partial charge in [0, 0.05) is 6.07 Å². The van der Waals surface area contributed by atoms with Gasteiger partial charge in [0.2, 0.25) is 5.88 Å². The van der Waals surface area contributed by atoms with E-state index in [1.165, 1.54) is 6.33 Å². The van der Waals surface area contributed by atoms with E-state index in [0.717, 1.165) is 12.8 Å². The normalized spacial score (nSPS) is 12.2. The summed E-state index contributed by atoms with van der Waals surface area (Å²) < 4.78 is 5.44. The monoisotopic (exact) mass is 267 g/mol. The van der Waals surface area contributed by atoms with Crippen molar-refractivity contribution >= 4 is 11.8 Å². The number of aliphatic carboxylic acids is 1. The number of carboxylic acids is 1. The van der Waals surface area contributed by atoms with Gasteiger partial charge in [0.15, 0.2) is 0 Å². The summed E-state index contributed by atoms with van der Waals surface area (Å²) in [7, 11) is 0.